The minimum Gasteiger partial charge on any atom is -0.371 e. The standard InChI is InChI=1S/C8H7ClN4/c1-10-8-6-4-11-3-2-5(6)7(9)12-13-8/h2-4H,1H3,(H,10,13). The molecule has 0 spiro atoms. The Kier molecular flexibility index (Phi) is 1.98. The summed E-state index contributed by atoms with van der Waals surface area (Å²) in [4.78, 5) is 4.00. The average molecular weight is 195 g/mol. The number of hydrogen-bond acceptors (Lipinski definition) is 4. The lowest BCUT2D eigenvalue weighted by Gasteiger charge is -2.03. The number of fused-ring (bicyclic) bond motifs is 1. The molecule has 2 heterocycles. The smallest absolute Gasteiger partial charge is 0.159 e. The molecule has 0 aliphatic heterocycles. The molecular weight excluding hydrogens is 188 g/mol. The van der Waals surface area contributed by atoms with Crippen molar-refractivity contribution in [1.82, 2.24) is 15.2 Å². The molecule has 0 fully saturated rings. The molecule has 4 nitrogen and oxygen atoms in total. The number of aromatic nitrogens is 3. The van der Waals surface area contributed by atoms with Crippen LogP contribution >= 0.6 is 11.6 Å². The monoisotopic (exact) mass is 194 g/mol. The van der Waals surface area contributed by atoms with E-state index in [0.29, 0.717) is 11.0 Å². The molecule has 0 saturated heterocycles. The van der Waals surface area contributed by atoms with Gasteiger partial charge in [-0.3, -0.25) is 4.98 Å². The van der Waals surface area contributed by atoms with Crippen LogP contribution in [0.15, 0.2) is 18.5 Å². The maximum Gasteiger partial charge on any atom is 0.159 e. The highest BCUT2D eigenvalue weighted by Crippen LogP contribution is 2.23. The molecule has 0 atom stereocenters. The number of hydrogen-bond donors (Lipinski definition) is 1. The van der Waals surface area contributed by atoms with Gasteiger partial charge < -0.3 is 5.32 Å². The maximum absolute atomic E-state index is 5.86. The Morgan fingerprint density at radius 3 is 2.92 bits per heavy atom. The van der Waals surface area contributed by atoms with Crippen LogP contribution in [-0.4, -0.2) is 22.2 Å². The van der Waals surface area contributed by atoms with Crippen molar-refractivity contribution in [3.05, 3.63) is 23.6 Å². The lowest BCUT2D eigenvalue weighted by atomic mass is 10.2. The first-order chi connectivity index (χ1) is 6.33. The number of pyridine rings is 1. The summed E-state index contributed by atoms with van der Waals surface area (Å²) in [5, 5.41) is 12.8. The molecule has 0 unspecified atom stereocenters. The van der Waals surface area contributed by atoms with Crippen LogP contribution in [0.2, 0.25) is 5.15 Å². The minimum absolute atomic E-state index is 0.399. The number of nitrogens with zero attached hydrogens (tertiary/aromatic N) is 3. The van der Waals surface area contributed by atoms with E-state index in [0.717, 1.165) is 10.8 Å². The Morgan fingerprint density at radius 1 is 1.31 bits per heavy atom. The summed E-state index contributed by atoms with van der Waals surface area (Å²) >= 11 is 5.86. The zero-order valence-electron chi connectivity index (χ0n) is 6.95. The van der Waals surface area contributed by atoms with Crippen molar-refractivity contribution in [2.45, 2.75) is 0 Å². The third-order valence-corrected chi connectivity index (χ3v) is 2.05. The fourth-order valence-corrected chi connectivity index (χ4v) is 1.35. The van der Waals surface area contributed by atoms with Gasteiger partial charge in [0, 0.05) is 30.2 Å². The maximum atomic E-state index is 5.86. The highest BCUT2D eigenvalue weighted by molar-refractivity contribution is 6.34. The second kappa shape index (κ2) is 3.14. The summed E-state index contributed by atoms with van der Waals surface area (Å²) in [7, 11) is 1.78. The number of nitrogens with one attached hydrogen (secondary N) is 1. The van der Waals surface area contributed by atoms with Gasteiger partial charge in [-0.1, -0.05) is 11.6 Å². The van der Waals surface area contributed by atoms with E-state index in [4.69, 9.17) is 11.6 Å². The van der Waals surface area contributed by atoms with Crippen LogP contribution in [0.4, 0.5) is 5.82 Å². The first-order valence-corrected chi connectivity index (χ1v) is 4.14. The lowest BCUT2D eigenvalue weighted by Crippen LogP contribution is -1.96. The van der Waals surface area contributed by atoms with Crippen molar-refractivity contribution >= 4 is 28.2 Å². The molecular formula is C8H7ClN4. The fourth-order valence-electron chi connectivity index (χ4n) is 1.15. The molecule has 1 N–H and O–H groups in total. The molecule has 66 valence electrons. The average Bonchev–Trinajstić information content (AvgIpc) is 2.19. The number of rotatable bonds is 1. The van der Waals surface area contributed by atoms with Crippen LogP contribution in [0.1, 0.15) is 0 Å². The highest BCUT2D eigenvalue weighted by Gasteiger charge is 2.05. The summed E-state index contributed by atoms with van der Waals surface area (Å²) in [6.07, 6.45) is 3.39. The van der Waals surface area contributed by atoms with Gasteiger partial charge in [-0.2, -0.15) is 0 Å². The largest absolute Gasteiger partial charge is 0.371 e. The summed E-state index contributed by atoms with van der Waals surface area (Å²) in [5.41, 5.74) is 0. The van der Waals surface area contributed by atoms with Crippen molar-refractivity contribution in [2.24, 2.45) is 0 Å². The molecule has 2 rings (SSSR count). The van der Waals surface area contributed by atoms with Crippen molar-refractivity contribution in [3.8, 4) is 0 Å². The van der Waals surface area contributed by atoms with E-state index in [1.54, 1.807) is 19.4 Å². The molecule has 0 bridgehead atoms. The summed E-state index contributed by atoms with van der Waals surface area (Å²) in [6.45, 7) is 0. The van der Waals surface area contributed by atoms with Gasteiger partial charge in [0.15, 0.2) is 11.0 Å². The zero-order valence-corrected chi connectivity index (χ0v) is 7.71. The molecule has 13 heavy (non-hydrogen) atoms. The van der Waals surface area contributed by atoms with Crippen molar-refractivity contribution in [1.29, 1.82) is 0 Å². The van der Waals surface area contributed by atoms with Crippen LogP contribution in [0, 0.1) is 0 Å². The molecule has 0 aliphatic carbocycles. The van der Waals surface area contributed by atoms with Crippen LogP contribution in [-0.2, 0) is 0 Å². The molecule has 5 heteroatoms. The predicted octanol–water partition coefficient (Wildman–Crippen LogP) is 1.72. The normalized spacial score (nSPS) is 10.3. The summed E-state index contributed by atoms with van der Waals surface area (Å²) in [5.74, 6) is 0.688. The van der Waals surface area contributed by atoms with Crippen molar-refractivity contribution in [3.63, 3.8) is 0 Å². The van der Waals surface area contributed by atoms with Gasteiger partial charge in [-0.05, 0) is 6.07 Å². The van der Waals surface area contributed by atoms with Crippen LogP contribution in [0.3, 0.4) is 0 Å². The van der Waals surface area contributed by atoms with Crippen molar-refractivity contribution in [2.75, 3.05) is 12.4 Å². The van der Waals surface area contributed by atoms with Gasteiger partial charge in [0.2, 0.25) is 0 Å². The second-order valence-electron chi connectivity index (χ2n) is 2.51. The van der Waals surface area contributed by atoms with Gasteiger partial charge in [0.05, 0.1) is 0 Å². The van der Waals surface area contributed by atoms with Gasteiger partial charge >= 0.3 is 0 Å². The van der Waals surface area contributed by atoms with E-state index in [-0.39, 0.29) is 0 Å². The molecule has 0 aliphatic rings. The van der Waals surface area contributed by atoms with E-state index in [9.17, 15) is 0 Å². The van der Waals surface area contributed by atoms with E-state index in [2.05, 4.69) is 20.5 Å². The zero-order chi connectivity index (χ0) is 9.26. The molecule has 0 radical (unpaired) electrons. The number of anilines is 1. The van der Waals surface area contributed by atoms with Gasteiger partial charge in [0.25, 0.3) is 0 Å². The van der Waals surface area contributed by atoms with E-state index in [1.807, 2.05) is 6.07 Å². The lowest BCUT2D eigenvalue weighted by molar-refractivity contribution is 1.05. The van der Waals surface area contributed by atoms with E-state index < -0.39 is 0 Å². The topological polar surface area (TPSA) is 50.7 Å². The molecule has 0 saturated carbocycles. The third-order valence-electron chi connectivity index (χ3n) is 1.77. The van der Waals surface area contributed by atoms with Crippen LogP contribution in [0.25, 0.3) is 10.8 Å². The van der Waals surface area contributed by atoms with Crippen LogP contribution < -0.4 is 5.32 Å². The molecule has 2 aromatic heterocycles. The molecule has 0 aromatic carbocycles. The van der Waals surface area contributed by atoms with Crippen molar-refractivity contribution < 1.29 is 0 Å². The highest BCUT2D eigenvalue weighted by atomic mass is 35.5. The minimum atomic E-state index is 0.399. The van der Waals surface area contributed by atoms with Crippen LogP contribution in [0.5, 0.6) is 0 Å². The summed E-state index contributed by atoms with van der Waals surface area (Å²) in [6, 6.07) is 1.81. The quantitative estimate of drug-likeness (QED) is 0.751. The molecule has 2 aromatic rings. The Morgan fingerprint density at radius 2 is 2.15 bits per heavy atom. The van der Waals surface area contributed by atoms with E-state index >= 15 is 0 Å². The first-order valence-electron chi connectivity index (χ1n) is 3.76. The predicted molar refractivity (Wildman–Crippen MR) is 51.9 cm³/mol. The Balaban J connectivity index is 2.84. The Bertz CT molecular complexity index is 443. The Labute approximate surface area is 80.0 Å². The number of halogens is 1. The second-order valence-corrected chi connectivity index (χ2v) is 2.87. The third kappa shape index (κ3) is 1.29. The summed E-state index contributed by atoms with van der Waals surface area (Å²) < 4.78 is 0. The molecule has 0 amide bonds. The first kappa shape index (κ1) is 8.19. The Hall–Kier alpha value is -1.42. The van der Waals surface area contributed by atoms with Gasteiger partial charge in [-0.25, -0.2) is 0 Å². The fraction of sp³-hybridized carbons (Fsp3) is 0.125. The van der Waals surface area contributed by atoms with Gasteiger partial charge in [0.1, 0.15) is 0 Å². The van der Waals surface area contributed by atoms with E-state index in [1.165, 1.54) is 0 Å². The SMILES string of the molecule is CNc1nnc(Cl)c2ccncc12. The van der Waals surface area contributed by atoms with Gasteiger partial charge in [-0.15, -0.1) is 10.2 Å².